The minimum atomic E-state index is -0.439. The molecule has 1 fully saturated rings. The largest absolute Gasteiger partial charge is 0.444 e. The van der Waals surface area contributed by atoms with E-state index in [1.807, 2.05) is 25.7 Å². The van der Waals surface area contributed by atoms with Gasteiger partial charge in [-0.15, -0.1) is 0 Å². The number of ether oxygens (including phenoxy) is 1. The molecule has 0 radical (unpaired) electrons. The summed E-state index contributed by atoms with van der Waals surface area (Å²) in [6.07, 6.45) is 4.91. The quantitative estimate of drug-likeness (QED) is 0.916. The Hall–Kier alpha value is -1.63. The third-order valence-corrected chi connectivity index (χ3v) is 3.56. The van der Waals surface area contributed by atoms with E-state index < -0.39 is 5.60 Å². The number of amides is 1. The predicted molar refractivity (Wildman–Crippen MR) is 81.5 cm³/mol. The van der Waals surface area contributed by atoms with E-state index in [9.17, 15) is 4.79 Å². The zero-order valence-electron chi connectivity index (χ0n) is 13.7. The number of carbonyl (C=O) groups is 1. The molecule has 1 aromatic rings. The summed E-state index contributed by atoms with van der Waals surface area (Å²) >= 11 is 0. The molecule has 0 spiro atoms. The van der Waals surface area contributed by atoms with Gasteiger partial charge in [0, 0.05) is 32.1 Å². The first-order valence-corrected chi connectivity index (χ1v) is 7.91. The molecule has 124 valence electrons. The lowest BCUT2D eigenvalue weighted by Gasteiger charge is -2.26. The number of hydrogen-bond donors (Lipinski definition) is 1. The van der Waals surface area contributed by atoms with Crippen molar-refractivity contribution in [1.82, 2.24) is 20.4 Å². The first-order valence-electron chi connectivity index (χ1n) is 7.91. The molecule has 2 heterocycles. The fraction of sp³-hybridized carbons (Fsp3) is 0.800. The Morgan fingerprint density at radius 3 is 2.95 bits per heavy atom. The lowest BCUT2D eigenvalue weighted by Crippen LogP contribution is -2.38. The zero-order valence-corrected chi connectivity index (χ0v) is 13.7. The van der Waals surface area contributed by atoms with Crippen LogP contribution in [0, 0.1) is 0 Å². The Labute approximate surface area is 131 Å². The third kappa shape index (κ3) is 5.63. The van der Waals surface area contributed by atoms with Crippen LogP contribution >= 0.6 is 0 Å². The fourth-order valence-corrected chi connectivity index (χ4v) is 2.50. The molecule has 0 saturated carbocycles. The molecule has 1 aromatic heterocycles. The van der Waals surface area contributed by atoms with Crippen LogP contribution in [-0.4, -0.2) is 52.4 Å². The van der Waals surface area contributed by atoms with Crippen LogP contribution in [-0.2, 0) is 11.2 Å². The average molecular weight is 310 g/mol. The second-order valence-electron chi connectivity index (χ2n) is 6.63. The normalized spacial score (nSPS) is 19.8. The lowest BCUT2D eigenvalue weighted by molar-refractivity contribution is 0.0256. The van der Waals surface area contributed by atoms with Gasteiger partial charge in [-0.05, 0) is 40.0 Å². The van der Waals surface area contributed by atoms with E-state index in [0.717, 1.165) is 45.3 Å². The molecule has 0 aliphatic carbocycles. The van der Waals surface area contributed by atoms with Crippen LogP contribution in [0.4, 0.5) is 4.79 Å². The summed E-state index contributed by atoms with van der Waals surface area (Å²) in [6, 6.07) is 0.412. The van der Waals surface area contributed by atoms with Gasteiger partial charge in [0.2, 0.25) is 5.89 Å². The highest BCUT2D eigenvalue weighted by Gasteiger charge is 2.24. The van der Waals surface area contributed by atoms with Crippen molar-refractivity contribution in [2.45, 2.75) is 58.1 Å². The maximum absolute atomic E-state index is 12.1. The molecule has 1 aliphatic rings. The molecule has 7 nitrogen and oxygen atoms in total. The molecule has 1 atom stereocenters. The van der Waals surface area contributed by atoms with Crippen molar-refractivity contribution in [2.24, 2.45) is 0 Å². The summed E-state index contributed by atoms with van der Waals surface area (Å²) in [5, 5.41) is 7.09. The first-order chi connectivity index (χ1) is 10.4. The van der Waals surface area contributed by atoms with Crippen molar-refractivity contribution in [3.8, 4) is 0 Å². The van der Waals surface area contributed by atoms with Gasteiger partial charge < -0.3 is 19.5 Å². The molecular formula is C15H26N4O3. The number of rotatable bonds is 4. The van der Waals surface area contributed by atoms with Gasteiger partial charge in [-0.2, -0.15) is 4.98 Å². The highest BCUT2D eigenvalue weighted by atomic mass is 16.6. The number of likely N-dealkylation sites (tertiary alicyclic amines) is 1. The highest BCUT2D eigenvalue weighted by Crippen LogP contribution is 2.15. The van der Waals surface area contributed by atoms with Gasteiger partial charge in [0.25, 0.3) is 0 Å². The van der Waals surface area contributed by atoms with E-state index in [0.29, 0.717) is 11.9 Å². The minimum Gasteiger partial charge on any atom is -0.444 e. The van der Waals surface area contributed by atoms with Gasteiger partial charge in [-0.25, -0.2) is 4.79 Å². The third-order valence-electron chi connectivity index (χ3n) is 3.56. The molecule has 1 aliphatic heterocycles. The molecule has 0 aromatic carbocycles. The van der Waals surface area contributed by atoms with E-state index in [4.69, 9.17) is 9.26 Å². The molecular weight excluding hydrogens is 284 g/mol. The van der Waals surface area contributed by atoms with Crippen LogP contribution in [0.25, 0.3) is 0 Å². The maximum Gasteiger partial charge on any atom is 0.410 e. The second-order valence-corrected chi connectivity index (χ2v) is 6.63. The average Bonchev–Trinajstić information content (AvgIpc) is 2.81. The van der Waals surface area contributed by atoms with Crippen LogP contribution in [0.15, 0.2) is 10.9 Å². The monoisotopic (exact) mass is 310 g/mol. The number of nitrogens with zero attached hydrogens (tertiary/aromatic N) is 3. The summed E-state index contributed by atoms with van der Waals surface area (Å²) in [5.74, 6) is 0.650. The summed E-state index contributed by atoms with van der Waals surface area (Å²) in [6.45, 7) is 7.98. The van der Waals surface area contributed by atoms with Gasteiger partial charge in [0.1, 0.15) is 5.60 Å². The van der Waals surface area contributed by atoms with Crippen LogP contribution in [0.2, 0.25) is 0 Å². The number of carbonyl (C=O) groups excluding carboxylic acids is 1. The minimum absolute atomic E-state index is 0.209. The Balaban J connectivity index is 1.71. The standard InChI is InChI=1S/C15H26N4O3/c1-15(2,3)21-14(20)19-9-4-5-12(7-10-19)16-8-6-13-17-11-18-22-13/h11-12,16H,4-10H2,1-3H3. The SMILES string of the molecule is CC(C)(C)OC(=O)N1CCCC(NCCc2ncno2)CC1. The van der Waals surface area contributed by atoms with E-state index >= 15 is 0 Å². The van der Waals surface area contributed by atoms with E-state index in [1.165, 1.54) is 6.33 Å². The highest BCUT2D eigenvalue weighted by molar-refractivity contribution is 5.68. The Morgan fingerprint density at radius 2 is 2.27 bits per heavy atom. The lowest BCUT2D eigenvalue weighted by atomic mass is 10.1. The van der Waals surface area contributed by atoms with E-state index in [2.05, 4.69) is 15.5 Å². The summed E-state index contributed by atoms with van der Waals surface area (Å²) in [4.78, 5) is 17.9. The number of aromatic nitrogens is 2. The first kappa shape index (κ1) is 16.7. The second kappa shape index (κ2) is 7.58. The van der Waals surface area contributed by atoms with Crippen molar-refractivity contribution in [3.05, 3.63) is 12.2 Å². The maximum atomic E-state index is 12.1. The van der Waals surface area contributed by atoms with Gasteiger partial charge in [0.05, 0.1) is 0 Å². The summed E-state index contributed by atoms with van der Waals surface area (Å²) in [5.41, 5.74) is -0.439. The van der Waals surface area contributed by atoms with Gasteiger partial charge >= 0.3 is 6.09 Å². The van der Waals surface area contributed by atoms with E-state index in [-0.39, 0.29) is 6.09 Å². The number of nitrogens with one attached hydrogen (secondary N) is 1. The Morgan fingerprint density at radius 1 is 1.45 bits per heavy atom. The van der Waals surface area contributed by atoms with Crippen LogP contribution in [0.3, 0.4) is 0 Å². The smallest absolute Gasteiger partial charge is 0.410 e. The topological polar surface area (TPSA) is 80.5 Å². The van der Waals surface area contributed by atoms with Gasteiger partial charge in [-0.1, -0.05) is 5.16 Å². The molecule has 1 N–H and O–H groups in total. The van der Waals surface area contributed by atoms with Crippen LogP contribution in [0.5, 0.6) is 0 Å². The molecule has 1 amide bonds. The van der Waals surface area contributed by atoms with Crippen molar-refractivity contribution < 1.29 is 14.1 Å². The van der Waals surface area contributed by atoms with Gasteiger partial charge in [0.15, 0.2) is 6.33 Å². The number of hydrogen-bond acceptors (Lipinski definition) is 6. The van der Waals surface area contributed by atoms with E-state index in [1.54, 1.807) is 0 Å². The van der Waals surface area contributed by atoms with Crippen LogP contribution < -0.4 is 5.32 Å². The zero-order chi connectivity index (χ0) is 16.0. The predicted octanol–water partition coefficient (Wildman–Crippen LogP) is 1.99. The molecule has 2 rings (SSSR count). The molecule has 7 heteroatoms. The summed E-state index contributed by atoms with van der Waals surface area (Å²) < 4.78 is 10.4. The molecule has 1 saturated heterocycles. The summed E-state index contributed by atoms with van der Waals surface area (Å²) in [7, 11) is 0. The molecule has 0 bridgehead atoms. The van der Waals surface area contributed by atoms with Crippen molar-refractivity contribution >= 4 is 6.09 Å². The van der Waals surface area contributed by atoms with Crippen molar-refractivity contribution in [2.75, 3.05) is 19.6 Å². The Bertz CT molecular complexity index is 456. The molecule has 22 heavy (non-hydrogen) atoms. The van der Waals surface area contributed by atoms with Crippen molar-refractivity contribution in [3.63, 3.8) is 0 Å². The molecule has 1 unspecified atom stereocenters. The van der Waals surface area contributed by atoms with Crippen molar-refractivity contribution in [1.29, 1.82) is 0 Å². The van der Waals surface area contributed by atoms with Gasteiger partial charge in [-0.3, -0.25) is 0 Å². The van der Waals surface area contributed by atoms with Crippen LogP contribution in [0.1, 0.15) is 45.9 Å². The fourth-order valence-electron chi connectivity index (χ4n) is 2.50. The Kier molecular flexibility index (Phi) is 5.76.